The highest BCUT2D eigenvalue weighted by atomic mass is 127. The van der Waals surface area contributed by atoms with Gasteiger partial charge in [-0.15, -0.1) is 0 Å². The minimum atomic E-state index is 0.0946. The number of carbonyl (C=O) groups excluding carboxylic acids is 1. The van der Waals surface area contributed by atoms with E-state index in [4.69, 9.17) is 11.6 Å². The Labute approximate surface area is 148 Å². The molecule has 0 unspecified atom stereocenters. The molecule has 2 aromatic rings. The number of benzene rings is 1. The first kappa shape index (κ1) is 15.6. The van der Waals surface area contributed by atoms with Crippen molar-refractivity contribution in [3.05, 3.63) is 56.8 Å². The van der Waals surface area contributed by atoms with Crippen LogP contribution in [-0.2, 0) is 0 Å². The van der Waals surface area contributed by atoms with E-state index in [-0.39, 0.29) is 5.91 Å². The predicted molar refractivity (Wildman–Crippen MR) is 96.5 cm³/mol. The molecule has 22 heavy (non-hydrogen) atoms. The fraction of sp³-hybridized carbons (Fsp3) is 0.250. The van der Waals surface area contributed by atoms with Gasteiger partial charge in [-0.3, -0.25) is 4.79 Å². The van der Waals surface area contributed by atoms with Gasteiger partial charge in [0.25, 0.3) is 5.91 Å². The molecular weight excluding hydrogens is 413 g/mol. The quantitative estimate of drug-likeness (QED) is 0.545. The third-order valence-corrected chi connectivity index (χ3v) is 4.54. The van der Waals surface area contributed by atoms with Crippen LogP contribution in [0.1, 0.15) is 10.4 Å². The van der Waals surface area contributed by atoms with Gasteiger partial charge in [0.2, 0.25) is 0 Å². The van der Waals surface area contributed by atoms with E-state index < -0.39 is 0 Å². The number of anilines is 1. The molecule has 3 rings (SSSR count). The highest BCUT2D eigenvalue weighted by Gasteiger charge is 2.22. The van der Waals surface area contributed by atoms with E-state index in [1.165, 1.54) is 0 Å². The maximum Gasteiger partial charge on any atom is 0.254 e. The summed E-state index contributed by atoms with van der Waals surface area (Å²) in [5.41, 5.74) is 0.751. The molecule has 0 spiro atoms. The lowest BCUT2D eigenvalue weighted by molar-refractivity contribution is 0.0746. The van der Waals surface area contributed by atoms with Crippen molar-refractivity contribution in [3.63, 3.8) is 0 Å². The standard InChI is InChI=1S/C16H15ClIN3O/c17-14-5-2-6-15(19-14)20-7-9-21(10-8-20)16(22)12-3-1-4-13(18)11-12/h1-6,11H,7-10H2. The minimum Gasteiger partial charge on any atom is -0.353 e. The first-order valence-corrected chi connectivity index (χ1v) is 8.51. The zero-order valence-corrected chi connectivity index (χ0v) is 14.8. The van der Waals surface area contributed by atoms with Crippen LogP contribution in [0, 0.1) is 3.57 Å². The molecule has 1 aromatic heterocycles. The number of hydrogen-bond donors (Lipinski definition) is 0. The summed E-state index contributed by atoms with van der Waals surface area (Å²) in [5.74, 6) is 0.964. The molecular formula is C16H15ClIN3O. The number of amides is 1. The maximum atomic E-state index is 12.5. The van der Waals surface area contributed by atoms with Crippen LogP contribution >= 0.6 is 34.2 Å². The van der Waals surface area contributed by atoms with Crippen LogP contribution in [0.25, 0.3) is 0 Å². The van der Waals surface area contributed by atoms with Crippen LogP contribution in [-0.4, -0.2) is 42.0 Å². The Balaban J connectivity index is 1.65. The molecule has 0 N–H and O–H groups in total. The lowest BCUT2D eigenvalue weighted by Crippen LogP contribution is -2.49. The van der Waals surface area contributed by atoms with Gasteiger partial charge in [0.15, 0.2) is 0 Å². The van der Waals surface area contributed by atoms with Crippen LogP contribution < -0.4 is 4.90 Å². The van der Waals surface area contributed by atoms with E-state index in [1.54, 1.807) is 6.07 Å². The highest BCUT2D eigenvalue weighted by molar-refractivity contribution is 14.1. The van der Waals surface area contributed by atoms with Crippen molar-refractivity contribution in [3.8, 4) is 0 Å². The van der Waals surface area contributed by atoms with Crippen molar-refractivity contribution in [2.24, 2.45) is 0 Å². The van der Waals surface area contributed by atoms with Gasteiger partial charge < -0.3 is 9.80 Å². The number of nitrogens with zero attached hydrogens (tertiary/aromatic N) is 3. The summed E-state index contributed by atoms with van der Waals surface area (Å²) in [6.07, 6.45) is 0. The zero-order valence-electron chi connectivity index (χ0n) is 11.9. The summed E-state index contributed by atoms with van der Waals surface area (Å²) in [6, 6.07) is 13.3. The monoisotopic (exact) mass is 427 g/mol. The van der Waals surface area contributed by atoms with Gasteiger partial charge in [-0.1, -0.05) is 23.7 Å². The summed E-state index contributed by atoms with van der Waals surface area (Å²) in [7, 11) is 0. The number of halogens is 2. The number of carbonyl (C=O) groups is 1. The Hall–Kier alpha value is -1.34. The lowest BCUT2D eigenvalue weighted by atomic mass is 10.2. The van der Waals surface area contributed by atoms with Crippen molar-refractivity contribution in [2.75, 3.05) is 31.1 Å². The van der Waals surface area contributed by atoms with E-state index >= 15 is 0 Å². The second-order valence-electron chi connectivity index (χ2n) is 5.11. The molecule has 1 aliphatic heterocycles. The zero-order chi connectivity index (χ0) is 15.5. The van der Waals surface area contributed by atoms with Gasteiger partial charge >= 0.3 is 0 Å². The van der Waals surface area contributed by atoms with E-state index in [0.29, 0.717) is 18.2 Å². The Morgan fingerprint density at radius 3 is 2.50 bits per heavy atom. The highest BCUT2D eigenvalue weighted by Crippen LogP contribution is 2.18. The first-order chi connectivity index (χ1) is 10.6. The normalized spacial score (nSPS) is 15.0. The average molecular weight is 428 g/mol. The maximum absolute atomic E-state index is 12.5. The third-order valence-electron chi connectivity index (χ3n) is 3.66. The van der Waals surface area contributed by atoms with Gasteiger partial charge in [-0.25, -0.2) is 4.98 Å². The summed E-state index contributed by atoms with van der Waals surface area (Å²) in [5, 5.41) is 0.495. The molecule has 4 nitrogen and oxygen atoms in total. The smallest absolute Gasteiger partial charge is 0.254 e. The van der Waals surface area contributed by atoms with Crippen LogP contribution in [0.15, 0.2) is 42.5 Å². The van der Waals surface area contributed by atoms with E-state index in [1.807, 2.05) is 41.3 Å². The Bertz CT molecular complexity index is 687. The minimum absolute atomic E-state index is 0.0946. The number of hydrogen-bond acceptors (Lipinski definition) is 3. The van der Waals surface area contributed by atoms with Crippen molar-refractivity contribution < 1.29 is 4.79 Å². The van der Waals surface area contributed by atoms with E-state index in [0.717, 1.165) is 28.0 Å². The summed E-state index contributed by atoms with van der Waals surface area (Å²) in [4.78, 5) is 20.9. The van der Waals surface area contributed by atoms with Crippen LogP contribution in [0.2, 0.25) is 5.15 Å². The fourth-order valence-electron chi connectivity index (χ4n) is 2.52. The average Bonchev–Trinajstić information content (AvgIpc) is 2.54. The van der Waals surface area contributed by atoms with Gasteiger partial charge in [0, 0.05) is 35.3 Å². The second kappa shape index (κ2) is 6.83. The van der Waals surface area contributed by atoms with Gasteiger partial charge in [-0.2, -0.15) is 0 Å². The molecule has 0 radical (unpaired) electrons. The predicted octanol–water partition coefficient (Wildman–Crippen LogP) is 3.30. The molecule has 114 valence electrons. The van der Waals surface area contributed by atoms with Crippen molar-refractivity contribution in [1.29, 1.82) is 0 Å². The molecule has 0 atom stereocenters. The van der Waals surface area contributed by atoms with Crippen LogP contribution in [0.5, 0.6) is 0 Å². The molecule has 1 aromatic carbocycles. The molecule has 0 aliphatic carbocycles. The SMILES string of the molecule is O=C(c1cccc(I)c1)N1CCN(c2cccc(Cl)n2)CC1. The lowest BCUT2D eigenvalue weighted by Gasteiger charge is -2.35. The third kappa shape index (κ3) is 3.52. The summed E-state index contributed by atoms with van der Waals surface area (Å²) >= 11 is 8.16. The van der Waals surface area contributed by atoms with Crippen molar-refractivity contribution >= 4 is 45.9 Å². The van der Waals surface area contributed by atoms with E-state index in [9.17, 15) is 4.79 Å². The number of aromatic nitrogens is 1. The van der Waals surface area contributed by atoms with Crippen LogP contribution in [0.3, 0.4) is 0 Å². The summed E-state index contributed by atoms with van der Waals surface area (Å²) in [6.45, 7) is 2.92. The van der Waals surface area contributed by atoms with Gasteiger partial charge in [0.05, 0.1) is 0 Å². The molecule has 0 bridgehead atoms. The van der Waals surface area contributed by atoms with Crippen molar-refractivity contribution in [2.45, 2.75) is 0 Å². The van der Waals surface area contributed by atoms with Crippen molar-refractivity contribution in [1.82, 2.24) is 9.88 Å². The Morgan fingerprint density at radius 1 is 1.09 bits per heavy atom. The molecule has 1 fully saturated rings. The molecule has 6 heteroatoms. The molecule has 2 heterocycles. The molecule has 1 aliphatic rings. The number of pyridine rings is 1. The molecule has 0 saturated carbocycles. The Morgan fingerprint density at radius 2 is 1.82 bits per heavy atom. The van der Waals surface area contributed by atoms with Crippen LogP contribution in [0.4, 0.5) is 5.82 Å². The number of piperazine rings is 1. The first-order valence-electron chi connectivity index (χ1n) is 7.06. The van der Waals surface area contributed by atoms with Gasteiger partial charge in [-0.05, 0) is 52.9 Å². The van der Waals surface area contributed by atoms with E-state index in [2.05, 4.69) is 32.5 Å². The second-order valence-corrected chi connectivity index (χ2v) is 6.74. The molecule has 1 amide bonds. The topological polar surface area (TPSA) is 36.4 Å². The Kier molecular flexibility index (Phi) is 4.83. The molecule has 1 saturated heterocycles. The number of rotatable bonds is 2. The fourth-order valence-corrected chi connectivity index (χ4v) is 3.22. The largest absolute Gasteiger partial charge is 0.353 e. The summed E-state index contributed by atoms with van der Waals surface area (Å²) < 4.78 is 1.07. The van der Waals surface area contributed by atoms with Gasteiger partial charge in [0.1, 0.15) is 11.0 Å².